The number of amides is 3. The maximum absolute atomic E-state index is 12.5. The number of benzene rings is 1. The normalized spacial score (nSPS) is 14.0. The number of rotatable bonds is 4. The summed E-state index contributed by atoms with van der Waals surface area (Å²) < 4.78 is 5.14. The minimum Gasteiger partial charge on any atom is -0.361 e. The van der Waals surface area contributed by atoms with E-state index in [1.807, 2.05) is 39.0 Å². The van der Waals surface area contributed by atoms with Crippen LogP contribution in [-0.4, -0.2) is 29.0 Å². The summed E-state index contributed by atoms with van der Waals surface area (Å²) >= 11 is 0. The van der Waals surface area contributed by atoms with Crippen LogP contribution in [0.1, 0.15) is 41.1 Å². The first-order valence-electron chi connectivity index (χ1n) is 8.21. The van der Waals surface area contributed by atoms with Crippen molar-refractivity contribution in [1.29, 1.82) is 0 Å². The highest BCUT2D eigenvalue weighted by molar-refractivity contribution is 5.99. The van der Waals surface area contributed by atoms with Gasteiger partial charge >= 0.3 is 6.03 Å². The van der Waals surface area contributed by atoms with Gasteiger partial charge in [0.05, 0.1) is 24.7 Å². The van der Waals surface area contributed by atoms with Crippen LogP contribution in [0.2, 0.25) is 0 Å². The maximum Gasteiger partial charge on any atom is 0.317 e. The second-order valence-corrected chi connectivity index (χ2v) is 6.47. The Morgan fingerprint density at radius 3 is 2.88 bits per heavy atom. The highest BCUT2D eigenvalue weighted by Gasteiger charge is 2.21. The average Bonchev–Trinajstić information content (AvgIpc) is 3.09. The third kappa shape index (κ3) is 3.50. The summed E-state index contributed by atoms with van der Waals surface area (Å²) in [6, 6.07) is 5.42. The van der Waals surface area contributed by atoms with E-state index in [1.54, 1.807) is 11.9 Å². The third-order valence-electron chi connectivity index (χ3n) is 4.52. The monoisotopic (exact) mass is 342 g/mol. The van der Waals surface area contributed by atoms with Crippen LogP contribution in [0.15, 0.2) is 22.7 Å². The quantitative estimate of drug-likeness (QED) is 0.894. The molecule has 3 rings (SSSR count). The van der Waals surface area contributed by atoms with E-state index < -0.39 is 0 Å². The van der Waals surface area contributed by atoms with Crippen molar-refractivity contribution in [1.82, 2.24) is 15.4 Å². The van der Waals surface area contributed by atoms with E-state index in [-0.39, 0.29) is 18.0 Å². The molecule has 0 saturated carbocycles. The number of fused-ring (bicyclic) bond motifs is 1. The lowest BCUT2D eigenvalue weighted by Crippen LogP contribution is -2.38. The molecule has 0 aliphatic carbocycles. The standard InChI is InChI=1S/C18H22N4O3/c1-10(13-5-6-16-14(7-13)8-17(23)20-16)19-18(24)22(4)9-15-11(2)21-25-12(15)3/h5-7,10H,8-9H2,1-4H3,(H,19,24)(H,20,23). The van der Waals surface area contributed by atoms with Crippen molar-refractivity contribution in [3.8, 4) is 0 Å². The van der Waals surface area contributed by atoms with Crippen molar-refractivity contribution in [3.05, 3.63) is 46.3 Å². The summed E-state index contributed by atoms with van der Waals surface area (Å²) in [6.07, 6.45) is 0.385. The minimum atomic E-state index is -0.179. The second kappa shape index (κ2) is 6.58. The third-order valence-corrected chi connectivity index (χ3v) is 4.52. The molecule has 7 heteroatoms. The molecule has 7 nitrogen and oxygen atoms in total. The fourth-order valence-corrected chi connectivity index (χ4v) is 2.93. The van der Waals surface area contributed by atoms with Crippen LogP contribution in [0.25, 0.3) is 0 Å². The molecule has 2 aromatic rings. The van der Waals surface area contributed by atoms with Crippen LogP contribution in [0, 0.1) is 13.8 Å². The predicted molar refractivity (Wildman–Crippen MR) is 93.2 cm³/mol. The Kier molecular flexibility index (Phi) is 4.48. The van der Waals surface area contributed by atoms with Crippen molar-refractivity contribution in [2.45, 2.75) is 39.8 Å². The molecule has 0 saturated heterocycles. The van der Waals surface area contributed by atoms with Crippen LogP contribution in [0.5, 0.6) is 0 Å². The van der Waals surface area contributed by atoms with Gasteiger partial charge in [0.1, 0.15) is 5.76 Å². The molecular weight excluding hydrogens is 320 g/mol. The Hall–Kier alpha value is -2.83. The van der Waals surface area contributed by atoms with Gasteiger partial charge in [-0.3, -0.25) is 4.79 Å². The molecule has 1 aliphatic heterocycles. The zero-order chi connectivity index (χ0) is 18.1. The molecule has 132 valence electrons. The van der Waals surface area contributed by atoms with Crippen molar-refractivity contribution >= 4 is 17.6 Å². The Morgan fingerprint density at radius 2 is 2.20 bits per heavy atom. The maximum atomic E-state index is 12.5. The van der Waals surface area contributed by atoms with Gasteiger partial charge in [-0.2, -0.15) is 0 Å². The molecule has 1 atom stereocenters. The van der Waals surface area contributed by atoms with Crippen molar-refractivity contribution in [2.24, 2.45) is 0 Å². The van der Waals surface area contributed by atoms with Crippen LogP contribution in [-0.2, 0) is 17.8 Å². The molecule has 0 fully saturated rings. The lowest BCUT2D eigenvalue weighted by atomic mass is 10.0. The van der Waals surface area contributed by atoms with Gasteiger partial charge in [-0.1, -0.05) is 17.3 Å². The Balaban J connectivity index is 1.64. The summed E-state index contributed by atoms with van der Waals surface area (Å²) in [5.41, 5.74) is 4.50. The first-order valence-corrected chi connectivity index (χ1v) is 8.21. The number of hydrogen-bond donors (Lipinski definition) is 2. The summed E-state index contributed by atoms with van der Waals surface area (Å²) in [5.74, 6) is 0.726. The fraction of sp³-hybridized carbons (Fsp3) is 0.389. The zero-order valence-electron chi connectivity index (χ0n) is 14.8. The predicted octanol–water partition coefficient (Wildman–Crippen LogP) is 2.69. The number of nitrogens with zero attached hydrogens (tertiary/aromatic N) is 2. The molecule has 1 aliphatic rings. The van der Waals surface area contributed by atoms with E-state index in [4.69, 9.17) is 4.52 Å². The van der Waals surface area contributed by atoms with Crippen molar-refractivity contribution < 1.29 is 14.1 Å². The molecule has 1 aromatic heterocycles. The summed E-state index contributed by atoms with van der Waals surface area (Å²) in [7, 11) is 1.74. The van der Waals surface area contributed by atoms with Gasteiger partial charge in [-0.15, -0.1) is 0 Å². The van der Waals surface area contributed by atoms with E-state index in [2.05, 4.69) is 15.8 Å². The molecule has 0 radical (unpaired) electrons. The number of urea groups is 1. The van der Waals surface area contributed by atoms with Crippen LogP contribution in [0.3, 0.4) is 0 Å². The van der Waals surface area contributed by atoms with Crippen LogP contribution >= 0.6 is 0 Å². The zero-order valence-corrected chi connectivity index (χ0v) is 14.8. The summed E-state index contributed by atoms with van der Waals surface area (Å²) in [6.45, 7) is 6.06. The van der Waals surface area contributed by atoms with Gasteiger partial charge in [0.25, 0.3) is 0 Å². The fourth-order valence-electron chi connectivity index (χ4n) is 2.93. The van der Waals surface area contributed by atoms with E-state index in [9.17, 15) is 9.59 Å². The van der Waals surface area contributed by atoms with E-state index in [0.717, 1.165) is 33.8 Å². The average molecular weight is 342 g/mol. The van der Waals surface area contributed by atoms with Gasteiger partial charge in [-0.05, 0) is 38.0 Å². The van der Waals surface area contributed by atoms with Crippen LogP contribution in [0.4, 0.5) is 10.5 Å². The lowest BCUT2D eigenvalue weighted by molar-refractivity contribution is -0.115. The highest BCUT2D eigenvalue weighted by atomic mass is 16.5. The molecule has 2 heterocycles. The topological polar surface area (TPSA) is 87.5 Å². The summed E-state index contributed by atoms with van der Waals surface area (Å²) in [5, 5.41) is 9.70. The molecule has 25 heavy (non-hydrogen) atoms. The van der Waals surface area contributed by atoms with Gasteiger partial charge in [-0.25, -0.2) is 4.79 Å². The van der Waals surface area contributed by atoms with Crippen molar-refractivity contribution in [3.63, 3.8) is 0 Å². The first-order chi connectivity index (χ1) is 11.8. The molecular formula is C18H22N4O3. The lowest BCUT2D eigenvalue weighted by Gasteiger charge is -2.22. The highest BCUT2D eigenvalue weighted by Crippen LogP contribution is 2.26. The van der Waals surface area contributed by atoms with E-state index in [1.165, 1.54) is 0 Å². The minimum absolute atomic E-state index is 0.00281. The molecule has 3 amide bonds. The number of nitrogens with one attached hydrogen (secondary N) is 2. The Labute approximate surface area is 146 Å². The first kappa shape index (κ1) is 17.0. The number of anilines is 1. The van der Waals surface area contributed by atoms with Gasteiger partial charge in [0.15, 0.2) is 0 Å². The molecule has 1 unspecified atom stereocenters. The van der Waals surface area contributed by atoms with E-state index >= 15 is 0 Å². The van der Waals surface area contributed by atoms with Gasteiger partial charge < -0.3 is 20.1 Å². The molecule has 1 aromatic carbocycles. The molecule has 2 N–H and O–H groups in total. The SMILES string of the molecule is Cc1noc(C)c1CN(C)C(=O)NC(C)c1ccc2c(c1)CC(=O)N2. The number of aryl methyl sites for hydroxylation is 2. The molecule has 0 bridgehead atoms. The second-order valence-electron chi connectivity index (χ2n) is 6.47. The van der Waals surface area contributed by atoms with E-state index in [0.29, 0.717) is 13.0 Å². The number of carbonyl (C=O) groups is 2. The van der Waals surface area contributed by atoms with Crippen LogP contribution < -0.4 is 10.6 Å². The van der Waals surface area contributed by atoms with Gasteiger partial charge in [0, 0.05) is 18.3 Å². The number of aromatic nitrogens is 1. The smallest absolute Gasteiger partial charge is 0.317 e. The Bertz CT molecular complexity index is 808. The number of carbonyl (C=O) groups excluding carboxylic acids is 2. The van der Waals surface area contributed by atoms with Crippen molar-refractivity contribution in [2.75, 3.05) is 12.4 Å². The summed E-state index contributed by atoms with van der Waals surface area (Å²) in [4.78, 5) is 25.5. The Morgan fingerprint density at radius 1 is 1.44 bits per heavy atom. The largest absolute Gasteiger partial charge is 0.361 e. The molecule has 0 spiro atoms. The number of hydrogen-bond acceptors (Lipinski definition) is 4. The van der Waals surface area contributed by atoms with Gasteiger partial charge in [0.2, 0.25) is 5.91 Å².